The van der Waals surface area contributed by atoms with Crippen LogP contribution in [0.4, 0.5) is 35.2 Å². The van der Waals surface area contributed by atoms with Gasteiger partial charge in [0.15, 0.2) is 0 Å². The molecule has 0 radical (unpaired) electrons. The maximum Gasteiger partial charge on any atom is 1.00 e. The van der Waals surface area contributed by atoms with E-state index in [4.69, 9.17) is 9.47 Å². The van der Waals surface area contributed by atoms with E-state index in [0.717, 1.165) is 24.3 Å². The molecular formula is C28H32N10Na2O10S2. The molecule has 2 aromatic carbocycles. The topological polar surface area (TPSA) is 299 Å². The molecule has 24 heteroatoms. The van der Waals surface area contributed by atoms with Gasteiger partial charge in [0.05, 0.1) is 36.2 Å². The van der Waals surface area contributed by atoms with Crippen molar-refractivity contribution in [1.29, 1.82) is 0 Å². The van der Waals surface area contributed by atoms with Crippen molar-refractivity contribution >= 4 is 67.6 Å². The van der Waals surface area contributed by atoms with Crippen LogP contribution in [-0.4, -0.2) is 106 Å². The molecule has 20 nitrogen and oxygen atoms in total. The number of aliphatic hydroxyl groups is 2. The van der Waals surface area contributed by atoms with E-state index in [9.17, 15) is 36.2 Å². The molecule has 0 amide bonds. The van der Waals surface area contributed by atoms with E-state index in [1.165, 1.54) is 38.5 Å². The van der Waals surface area contributed by atoms with Crippen molar-refractivity contribution < 1.29 is 105 Å². The zero-order chi connectivity index (χ0) is 36.6. The zero-order valence-electron chi connectivity index (χ0n) is 28.8. The van der Waals surface area contributed by atoms with Crippen molar-refractivity contribution in [2.75, 3.05) is 48.6 Å². The molecule has 0 saturated carbocycles. The summed E-state index contributed by atoms with van der Waals surface area (Å²) in [5.41, 5.74) is -0.0689. The predicted molar refractivity (Wildman–Crippen MR) is 177 cm³/mol. The Hall–Kier alpha value is -3.26. The molecule has 6 N–H and O–H groups in total. The molecule has 0 saturated heterocycles. The molecular weight excluding hydrogens is 746 g/mol. The Bertz CT molecular complexity index is 1950. The molecule has 2 unspecified atom stereocenters. The van der Waals surface area contributed by atoms with Gasteiger partial charge in [0.1, 0.15) is 20.2 Å². The zero-order valence-corrected chi connectivity index (χ0v) is 34.5. The second-order valence-corrected chi connectivity index (χ2v) is 13.1. The standard InChI is InChI=1S/C28H34N10O10S2.2Na/c1-15(39)13-29-23-33-25(37-27(35-23)47-3)31-19-9-7-17(21(11-19)49(41,42)43)5-6-18-8-10-20(12-22(18)50(44,45)46)32-26-34-24(30-14-16(2)40)36-28(38-26)48-4;;/h5-12,15-16,39-40H,13-14H2,1-4H3,(H,41,42,43)(H,44,45,46)(H2,29,31,33,35,37)(H2,30,32,34,36,38);;/q;2*+1/p-2/b6-5+;;. The maximum absolute atomic E-state index is 12.3. The summed E-state index contributed by atoms with van der Waals surface area (Å²) >= 11 is 0. The fourth-order valence-electron chi connectivity index (χ4n) is 4.01. The average molecular weight is 779 g/mol. The van der Waals surface area contributed by atoms with Crippen LogP contribution in [0.15, 0.2) is 46.2 Å². The van der Waals surface area contributed by atoms with Crippen molar-refractivity contribution in [3.8, 4) is 12.0 Å². The van der Waals surface area contributed by atoms with Gasteiger partial charge in [-0.25, -0.2) is 16.8 Å². The number of methoxy groups -OCH3 is 2. The van der Waals surface area contributed by atoms with Crippen LogP contribution in [-0.2, 0) is 20.2 Å². The molecule has 2 atom stereocenters. The van der Waals surface area contributed by atoms with Gasteiger partial charge in [-0.2, -0.15) is 29.9 Å². The fourth-order valence-corrected chi connectivity index (χ4v) is 5.41. The number of aliphatic hydroxyl groups excluding tert-OH is 2. The van der Waals surface area contributed by atoms with E-state index in [1.54, 1.807) is 13.8 Å². The number of nitrogens with zero attached hydrogens (tertiary/aromatic N) is 6. The second kappa shape index (κ2) is 19.7. The van der Waals surface area contributed by atoms with Crippen LogP contribution in [0.1, 0.15) is 25.0 Å². The number of aromatic nitrogens is 6. The third-order valence-corrected chi connectivity index (χ3v) is 8.01. The van der Waals surface area contributed by atoms with Crippen LogP contribution in [0.3, 0.4) is 0 Å². The Balaban J connectivity index is 0.00000468. The normalized spacial score (nSPS) is 12.5. The first-order valence-electron chi connectivity index (χ1n) is 14.4. The van der Waals surface area contributed by atoms with E-state index in [0.29, 0.717) is 0 Å². The summed E-state index contributed by atoms with van der Waals surface area (Å²) in [5, 5.41) is 30.2. The molecule has 2 aromatic heterocycles. The number of hydrogen-bond acceptors (Lipinski definition) is 20. The van der Waals surface area contributed by atoms with Crippen molar-refractivity contribution in [2.24, 2.45) is 0 Å². The summed E-state index contributed by atoms with van der Waals surface area (Å²) in [4.78, 5) is 23.0. The summed E-state index contributed by atoms with van der Waals surface area (Å²) < 4.78 is 83.6. The molecule has 0 spiro atoms. The number of hydrogen-bond donors (Lipinski definition) is 6. The van der Waals surface area contributed by atoms with Gasteiger partial charge in [-0.15, -0.1) is 0 Å². The smallest absolute Gasteiger partial charge is 0.744 e. The number of anilines is 6. The molecule has 0 aliphatic carbocycles. The molecule has 0 aliphatic rings. The number of nitrogens with one attached hydrogen (secondary N) is 4. The van der Waals surface area contributed by atoms with Crippen LogP contribution < -0.4 is 89.9 Å². The van der Waals surface area contributed by atoms with E-state index >= 15 is 0 Å². The van der Waals surface area contributed by atoms with Gasteiger partial charge >= 0.3 is 71.1 Å². The van der Waals surface area contributed by atoms with Gasteiger partial charge in [-0.1, -0.05) is 24.3 Å². The first kappa shape index (κ1) is 44.9. The van der Waals surface area contributed by atoms with Crippen LogP contribution in [0.2, 0.25) is 0 Å². The third kappa shape index (κ3) is 13.3. The minimum Gasteiger partial charge on any atom is -0.744 e. The van der Waals surface area contributed by atoms with Crippen LogP contribution >= 0.6 is 0 Å². The van der Waals surface area contributed by atoms with Crippen LogP contribution in [0, 0.1) is 0 Å². The van der Waals surface area contributed by atoms with Crippen LogP contribution in [0.5, 0.6) is 12.0 Å². The number of benzene rings is 2. The van der Waals surface area contributed by atoms with Crippen molar-refractivity contribution in [2.45, 2.75) is 35.8 Å². The maximum atomic E-state index is 12.3. The average Bonchev–Trinajstić information content (AvgIpc) is 3.05. The van der Waals surface area contributed by atoms with Gasteiger partial charge in [0.25, 0.3) is 0 Å². The van der Waals surface area contributed by atoms with Crippen molar-refractivity contribution in [1.82, 2.24) is 29.9 Å². The molecule has 2 heterocycles. The summed E-state index contributed by atoms with van der Waals surface area (Å²) in [6.07, 6.45) is 0.882. The Morgan fingerprint density at radius 1 is 0.654 bits per heavy atom. The Labute approximate surface area is 343 Å². The summed E-state index contributed by atoms with van der Waals surface area (Å²) in [7, 11) is -7.54. The minimum absolute atomic E-state index is 0. The summed E-state index contributed by atoms with van der Waals surface area (Å²) in [6.45, 7) is 3.31. The third-order valence-electron chi connectivity index (χ3n) is 6.23. The summed E-state index contributed by atoms with van der Waals surface area (Å²) in [6, 6.07) is 7.19. The molecule has 0 aliphatic heterocycles. The van der Waals surface area contributed by atoms with Gasteiger partial charge in [-0.3, -0.25) is 0 Å². The SMILES string of the molecule is COc1nc(NCC(C)O)nc(Nc2ccc(/C=C/c3ccc(Nc4nc(NCC(C)O)nc(OC)n4)cc3S(=O)(=O)[O-])c(S(=O)(=O)[O-])c2)n1.[Na+].[Na+]. The first-order chi connectivity index (χ1) is 23.5. The molecule has 4 aromatic rings. The van der Waals surface area contributed by atoms with Crippen LogP contribution in [0.25, 0.3) is 12.2 Å². The minimum atomic E-state index is -5.09. The van der Waals surface area contributed by atoms with Crippen molar-refractivity contribution in [3.63, 3.8) is 0 Å². The fraction of sp³-hybridized carbons (Fsp3) is 0.286. The van der Waals surface area contributed by atoms with E-state index < -0.39 is 42.2 Å². The number of ether oxygens (including phenoxy) is 2. The first-order valence-corrected chi connectivity index (χ1v) is 17.2. The van der Waals surface area contributed by atoms with E-state index in [-0.39, 0.29) is 131 Å². The Kier molecular flexibility index (Phi) is 17.0. The Morgan fingerprint density at radius 3 is 1.31 bits per heavy atom. The quantitative estimate of drug-likeness (QED) is 0.0353. The van der Waals surface area contributed by atoms with Gasteiger partial charge < -0.3 is 50.1 Å². The molecule has 268 valence electrons. The Morgan fingerprint density at radius 2 is 1.00 bits per heavy atom. The van der Waals surface area contributed by atoms with E-state index in [1.807, 2.05) is 0 Å². The monoisotopic (exact) mass is 778 g/mol. The number of rotatable bonds is 16. The predicted octanol–water partition coefficient (Wildman–Crippen LogP) is -4.87. The molecule has 0 bridgehead atoms. The van der Waals surface area contributed by atoms with Gasteiger partial charge in [0.2, 0.25) is 23.8 Å². The largest absolute Gasteiger partial charge is 1.00 e. The molecule has 52 heavy (non-hydrogen) atoms. The molecule has 4 rings (SSSR count). The van der Waals surface area contributed by atoms with E-state index in [2.05, 4.69) is 51.2 Å². The summed E-state index contributed by atoms with van der Waals surface area (Å²) in [5.74, 6) is -0.0673. The molecule has 0 fully saturated rings. The second-order valence-electron chi connectivity index (χ2n) is 10.4. The van der Waals surface area contributed by atoms with Gasteiger partial charge in [0, 0.05) is 24.5 Å². The van der Waals surface area contributed by atoms with Crippen molar-refractivity contribution in [3.05, 3.63) is 47.5 Å². The van der Waals surface area contributed by atoms with Gasteiger partial charge in [-0.05, 0) is 49.2 Å².